The number of ether oxygens (including phenoxy) is 1. The summed E-state index contributed by atoms with van der Waals surface area (Å²) in [5.41, 5.74) is 2.66. The van der Waals surface area contributed by atoms with Crippen LogP contribution in [-0.2, 0) is 11.3 Å². The topological polar surface area (TPSA) is 21.3 Å². The third-order valence-corrected chi connectivity index (χ3v) is 3.15. The highest BCUT2D eigenvalue weighted by molar-refractivity contribution is 5.24. The third kappa shape index (κ3) is 6.74. The van der Waals surface area contributed by atoms with Crippen molar-refractivity contribution in [3.05, 3.63) is 35.4 Å². The summed E-state index contributed by atoms with van der Waals surface area (Å²) in [5, 5.41) is 3.47. The summed E-state index contributed by atoms with van der Waals surface area (Å²) in [7, 11) is 0. The SMILES string of the molecule is CCCNCC(C)c1ccc(COCC(C)C)cc1. The molecule has 0 aromatic heterocycles. The summed E-state index contributed by atoms with van der Waals surface area (Å²) in [6, 6.07) is 8.83. The van der Waals surface area contributed by atoms with Gasteiger partial charge in [-0.2, -0.15) is 0 Å². The minimum atomic E-state index is 0.567. The van der Waals surface area contributed by atoms with Crippen LogP contribution >= 0.6 is 0 Å². The van der Waals surface area contributed by atoms with Gasteiger partial charge in [0.05, 0.1) is 6.61 Å². The smallest absolute Gasteiger partial charge is 0.0717 e. The van der Waals surface area contributed by atoms with Gasteiger partial charge in [0.2, 0.25) is 0 Å². The maximum atomic E-state index is 5.65. The number of benzene rings is 1. The average molecular weight is 263 g/mol. The maximum Gasteiger partial charge on any atom is 0.0717 e. The Hall–Kier alpha value is -0.860. The van der Waals surface area contributed by atoms with E-state index < -0.39 is 0 Å². The zero-order valence-electron chi connectivity index (χ0n) is 12.9. The van der Waals surface area contributed by atoms with Gasteiger partial charge in [0.1, 0.15) is 0 Å². The fraction of sp³-hybridized carbons (Fsp3) is 0.647. The van der Waals surface area contributed by atoms with Crippen LogP contribution in [0.1, 0.15) is 51.2 Å². The lowest BCUT2D eigenvalue weighted by Crippen LogP contribution is -2.20. The quantitative estimate of drug-likeness (QED) is 0.681. The predicted molar refractivity (Wildman–Crippen MR) is 82.5 cm³/mol. The van der Waals surface area contributed by atoms with Crippen molar-refractivity contribution < 1.29 is 4.74 Å². The molecule has 0 amide bonds. The number of hydrogen-bond acceptors (Lipinski definition) is 2. The molecule has 1 aromatic rings. The molecule has 0 aliphatic carbocycles. The lowest BCUT2D eigenvalue weighted by molar-refractivity contribution is 0.0971. The first kappa shape index (κ1) is 16.2. The second kappa shape index (κ2) is 9.11. The molecule has 1 aromatic carbocycles. The standard InChI is InChI=1S/C17H29NO/c1-5-10-18-11-15(4)17-8-6-16(7-9-17)13-19-12-14(2)3/h6-9,14-15,18H,5,10-13H2,1-4H3. The van der Waals surface area contributed by atoms with Crippen molar-refractivity contribution in [3.8, 4) is 0 Å². The van der Waals surface area contributed by atoms with E-state index in [-0.39, 0.29) is 0 Å². The largest absolute Gasteiger partial charge is 0.377 e. The van der Waals surface area contributed by atoms with E-state index in [0.29, 0.717) is 11.8 Å². The first-order valence-corrected chi connectivity index (χ1v) is 7.50. The van der Waals surface area contributed by atoms with Crippen molar-refractivity contribution in [1.82, 2.24) is 5.32 Å². The molecule has 0 heterocycles. The molecule has 0 saturated carbocycles. The number of nitrogens with one attached hydrogen (secondary N) is 1. The Morgan fingerprint density at radius 3 is 2.37 bits per heavy atom. The lowest BCUT2D eigenvalue weighted by Gasteiger charge is -2.13. The highest BCUT2D eigenvalue weighted by Gasteiger charge is 2.04. The Kier molecular flexibility index (Phi) is 7.76. The summed E-state index contributed by atoms with van der Waals surface area (Å²) in [4.78, 5) is 0. The van der Waals surface area contributed by atoms with Gasteiger partial charge >= 0.3 is 0 Å². The average Bonchev–Trinajstić information content (AvgIpc) is 2.39. The van der Waals surface area contributed by atoms with Crippen LogP contribution in [-0.4, -0.2) is 19.7 Å². The Morgan fingerprint density at radius 1 is 1.11 bits per heavy atom. The monoisotopic (exact) mass is 263 g/mol. The molecule has 0 aliphatic heterocycles. The Bertz CT molecular complexity index is 332. The van der Waals surface area contributed by atoms with E-state index in [1.54, 1.807) is 0 Å². The molecule has 1 unspecified atom stereocenters. The van der Waals surface area contributed by atoms with E-state index >= 15 is 0 Å². The second-order valence-corrected chi connectivity index (χ2v) is 5.76. The van der Waals surface area contributed by atoms with Gasteiger partial charge in [-0.15, -0.1) is 0 Å². The fourth-order valence-corrected chi connectivity index (χ4v) is 1.97. The molecule has 1 atom stereocenters. The van der Waals surface area contributed by atoms with Crippen LogP contribution < -0.4 is 5.32 Å². The van der Waals surface area contributed by atoms with E-state index in [0.717, 1.165) is 26.3 Å². The zero-order chi connectivity index (χ0) is 14.1. The molecule has 0 aliphatic rings. The van der Waals surface area contributed by atoms with Gasteiger partial charge in [-0.05, 0) is 35.9 Å². The number of hydrogen-bond donors (Lipinski definition) is 1. The molecule has 0 spiro atoms. The van der Waals surface area contributed by atoms with Gasteiger partial charge < -0.3 is 10.1 Å². The minimum Gasteiger partial charge on any atom is -0.377 e. The van der Waals surface area contributed by atoms with Crippen molar-refractivity contribution in [2.24, 2.45) is 5.92 Å². The molecule has 0 saturated heterocycles. The van der Waals surface area contributed by atoms with Crippen LogP contribution in [0.25, 0.3) is 0 Å². The van der Waals surface area contributed by atoms with Crippen molar-refractivity contribution in [3.63, 3.8) is 0 Å². The van der Waals surface area contributed by atoms with Crippen LogP contribution in [0.4, 0.5) is 0 Å². The van der Waals surface area contributed by atoms with Gasteiger partial charge in [-0.25, -0.2) is 0 Å². The van der Waals surface area contributed by atoms with Gasteiger partial charge in [-0.1, -0.05) is 52.0 Å². The van der Waals surface area contributed by atoms with Crippen LogP contribution in [0, 0.1) is 5.92 Å². The first-order valence-electron chi connectivity index (χ1n) is 7.50. The highest BCUT2D eigenvalue weighted by atomic mass is 16.5. The van der Waals surface area contributed by atoms with Crippen LogP contribution in [0.15, 0.2) is 24.3 Å². The van der Waals surface area contributed by atoms with Crippen molar-refractivity contribution in [2.75, 3.05) is 19.7 Å². The summed E-state index contributed by atoms with van der Waals surface area (Å²) in [6.07, 6.45) is 1.19. The van der Waals surface area contributed by atoms with Crippen LogP contribution in [0.2, 0.25) is 0 Å². The Morgan fingerprint density at radius 2 is 1.79 bits per heavy atom. The molecule has 2 nitrogen and oxygen atoms in total. The summed E-state index contributed by atoms with van der Waals surface area (Å²) < 4.78 is 5.65. The van der Waals surface area contributed by atoms with E-state index in [1.807, 2.05) is 0 Å². The molecule has 2 heteroatoms. The summed E-state index contributed by atoms with van der Waals surface area (Å²) >= 11 is 0. The van der Waals surface area contributed by atoms with Crippen molar-refractivity contribution >= 4 is 0 Å². The molecular formula is C17H29NO. The second-order valence-electron chi connectivity index (χ2n) is 5.76. The van der Waals surface area contributed by atoms with Crippen molar-refractivity contribution in [2.45, 2.75) is 46.6 Å². The summed E-state index contributed by atoms with van der Waals surface area (Å²) in [5.74, 6) is 1.17. The van der Waals surface area contributed by atoms with Gasteiger partial charge in [-0.3, -0.25) is 0 Å². The first-order chi connectivity index (χ1) is 9.13. The molecule has 1 N–H and O–H groups in total. The highest BCUT2D eigenvalue weighted by Crippen LogP contribution is 2.15. The minimum absolute atomic E-state index is 0.567. The predicted octanol–water partition coefficient (Wildman–Crippen LogP) is 3.96. The van der Waals surface area contributed by atoms with E-state index in [4.69, 9.17) is 4.74 Å². The van der Waals surface area contributed by atoms with E-state index in [2.05, 4.69) is 57.3 Å². The molecule has 19 heavy (non-hydrogen) atoms. The van der Waals surface area contributed by atoms with Crippen molar-refractivity contribution in [1.29, 1.82) is 0 Å². The summed E-state index contributed by atoms with van der Waals surface area (Å²) in [6.45, 7) is 12.5. The number of rotatable bonds is 9. The molecule has 0 fully saturated rings. The Balaban J connectivity index is 2.37. The lowest BCUT2D eigenvalue weighted by atomic mass is 10.00. The van der Waals surface area contributed by atoms with E-state index in [1.165, 1.54) is 17.5 Å². The zero-order valence-corrected chi connectivity index (χ0v) is 12.9. The van der Waals surface area contributed by atoms with E-state index in [9.17, 15) is 0 Å². The fourth-order valence-electron chi connectivity index (χ4n) is 1.97. The van der Waals surface area contributed by atoms with Crippen LogP contribution in [0.3, 0.4) is 0 Å². The molecule has 108 valence electrons. The molecule has 0 bridgehead atoms. The van der Waals surface area contributed by atoms with Gasteiger partial charge in [0, 0.05) is 13.2 Å². The normalized spacial score (nSPS) is 12.9. The van der Waals surface area contributed by atoms with Gasteiger partial charge in [0.25, 0.3) is 0 Å². The maximum absolute atomic E-state index is 5.65. The molecular weight excluding hydrogens is 234 g/mol. The Labute approximate surface area is 118 Å². The van der Waals surface area contributed by atoms with Crippen LogP contribution in [0.5, 0.6) is 0 Å². The third-order valence-electron chi connectivity index (χ3n) is 3.15. The molecule has 1 rings (SSSR count). The van der Waals surface area contributed by atoms with Gasteiger partial charge in [0.15, 0.2) is 0 Å². The molecule has 0 radical (unpaired) electrons.